The molecule has 1 amide bonds. The number of carbonyl (C=O) groups excluding carboxylic acids is 1. The van der Waals surface area contributed by atoms with Gasteiger partial charge in [-0.25, -0.2) is 0 Å². The Morgan fingerprint density at radius 2 is 2.10 bits per heavy atom. The van der Waals surface area contributed by atoms with E-state index in [1.165, 1.54) is 0 Å². The summed E-state index contributed by atoms with van der Waals surface area (Å²) in [5, 5.41) is 12.9. The first-order valence-corrected chi connectivity index (χ1v) is 7.30. The van der Waals surface area contributed by atoms with Gasteiger partial charge in [0.15, 0.2) is 0 Å². The molecule has 0 saturated carbocycles. The van der Waals surface area contributed by atoms with Gasteiger partial charge >= 0.3 is 0 Å². The van der Waals surface area contributed by atoms with Crippen LogP contribution < -0.4 is 10.1 Å². The van der Waals surface area contributed by atoms with E-state index in [1.807, 2.05) is 38.1 Å². The molecule has 0 saturated heterocycles. The normalized spacial score (nSPS) is 13.6. The molecular formula is C16H26N2O3. The largest absolute Gasteiger partial charge is 0.491 e. The van der Waals surface area contributed by atoms with Crippen molar-refractivity contribution in [1.82, 2.24) is 10.2 Å². The van der Waals surface area contributed by atoms with Crippen LogP contribution in [0.15, 0.2) is 24.3 Å². The number of nitrogens with zero attached hydrogens (tertiary/aromatic N) is 1. The average Bonchev–Trinajstić information content (AvgIpc) is 2.50. The lowest BCUT2D eigenvalue weighted by molar-refractivity contribution is -0.131. The van der Waals surface area contributed by atoms with Gasteiger partial charge in [0.05, 0.1) is 6.04 Å². The third kappa shape index (κ3) is 5.73. The lowest BCUT2D eigenvalue weighted by atomic mass is 10.2. The molecule has 2 unspecified atom stereocenters. The number of benzene rings is 1. The zero-order valence-corrected chi connectivity index (χ0v) is 13.3. The molecule has 0 fully saturated rings. The minimum absolute atomic E-state index is 0.0181. The summed E-state index contributed by atoms with van der Waals surface area (Å²) in [6.07, 6.45) is -0.660. The number of aliphatic hydroxyl groups excluding tert-OH is 1. The second-order valence-corrected chi connectivity index (χ2v) is 5.21. The van der Waals surface area contributed by atoms with Crippen molar-refractivity contribution < 1.29 is 14.6 Å². The predicted molar refractivity (Wildman–Crippen MR) is 83.5 cm³/mol. The van der Waals surface area contributed by atoms with Crippen molar-refractivity contribution in [2.45, 2.75) is 32.9 Å². The Morgan fingerprint density at radius 3 is 2.71 bits per heavy atom. The Labute approximate surface area is 126 Å². The van der Waals surface area contributed by atoms with E-state index in [-0.39, 0.29) is 18.6 Å². The number of aryl methyl sites for hydroxylation is 1. The number of para-hydroxylation sites is 1. The van der Waals surface area contributed by atoms with Gasteiger partial charge in [-0.05, 0) is 32.4 Å². The molecule has 0 radical (unpaired) electrons. The molecule has 21 heavy (non-hydrogen) atoms. The number of carbonyl (C=O) groups is 1. The van der Waals surface area contributed by atoms with E-state index in [1.54, 1.807) is 18.9 Å². The maximum Gasteiger partial charge on any atom is 0.239 e. The predicted octanol–water partition coefficient (Wildman–Crippen LogP) is 1.19. The van der Waals surface area contributed by atoms with Gasteiger partial charge < -0.3 is 20.1 Å². The van der Waals surface area contributed by atoms with E-state index in [4.69, 9.17) is 4.74 Å². The molecule has 2 N–H and O–H groups in total. The fourth-order valence-corrected chi connectivity index (χ4v) is 1.85. The second-order valence-electron chi connectivity index (χ2n) is 5.21. The molecular weight excluding hydrogens is 268 g/mol. The molecule has 0 bridgehead atoms. The number of amides is 1. The summed E-state index contributed by atoms with van der Waals surface area (Å²) in [5.41, 5.74) is 1.03. The summed E-state index contributed by atoms with van der Waals surface area (Å²) in [5.74, 6) is 0.788. The summed E-state index contributed by atoms with van der Waals surface area (Å²) in [7, 11) is 1.76. The first-order valence-electron chi connectivity index (χ1n) is 7.30. The van der Waals surface area contributed by atoms with E-state index in [9.17, 15) is 9.90 Å². The van der Waals surface area contributed by atoms with Crippen LogP contribution >= 0.6 is 0 Å². The molecule has 5 heteroatoms. The van der Waals surface area contributed by atoms with Crippen LogP contribution in [0.2, 0.25) is 0 Å². The van der Waals surface area contributed by atoms with Crippen molar-refractivity contribution in [1.29, 1.82) is 0 Å². The number of nitrogens with one attached hydrogen (secondary N) is 1. The Morgan fingerprint density at radius 1 is 1.43 bits per heavy atom. The van der Waals surface area contributed by atoms with Gasteiger partial charge in [0.2, 0.25) is 5.91 Å². The Hall–Kier alpha value is -1.59. The van der Waals surface area contributed by atoms with Crippen molar-refractivity contribution >= 4 is 5.91 Å². The molecule has 118 valence electrons. The summed E-state index contributed by atoms with van der Waals surface area (Å²) in [4.78, 5) is 13.5. The van der Waals surface area contributed by atoms with Crippen LogP contribution in [-0.2, 0) is 4.79 Å². The Kier molecular flexibility index (Phi) is 7.19. The number of aliphatic hydroxyl groups is 1. The number of ether oxygens (including phenoxy) is 1. The molecule has 1 aromatic carbocycles. The van der Waals surface area contributed by atoms with Crippen LogP contribution in [0.25, 0.3) is 0 Å². The van der Waals surface area contributed by atoms with E-state index in [0.717, 1.165) is 11.3 Å². The number of hydrogen-bond acceptors (Lipinski definition) is 4. The van der Waals surface area contributed by atoms with Crippen LogP contribution in [0.1, 0.15) is 19.4 Å². The zero-order chi connectivity index (χ0) is 15.8. The van der Waals surface area contributed by atoms with Gasteiger partial charge in [-0.3, -0.25) is 4.79 Å². The number of rotatable bonds is 8. The highest BCUT2D eigenvalue weighted by atomic mass is 16.5. The summed E-state index contributed by atoms with van der Waals surface area (Å²) >= 11 is 0. The SMILES string of the molecule is CCN(C)C(=O)C(C)NCC(O)COc1ccccc1C. The van der Waals surface area contributed by atoms with Crippen molar-refractivity contribution in [2.75, 3.05) is 26.7 Å². The molecule has 1 aromatic rings. The maximum absolute atomic E-state index is 11.9. The minimum atomic E-state index is -0.660. The van der Waals surface area contributed by atoms with Crippen LogP contribution in [0.5, 0.6) is 5.75 Å². The van der Waals surface area contributed by atoms with E-state index >= 15 is 0 Å². The fourth-order valence-electron chi connectivity index (χ4n) is 1.85. The monoisotopic (exact) mass is 294 g/mol. The zero-order valence-electron chi connectivity index (χ0n) is 13.3. The molecule has 0 heterocycles. The van der Waals surface area contributed by atoms with Gasteiger partial charge in [0.1, 0.15) is 18.5 Å². The highest BCUT2D eigenvalue weighted by Crippen LogP contribution is 2.16. The molecule has 5 nitrogen and oxygen atoms in total. The topological polar surface area (TPSA) is 61.8 Å². The van der Waals surface area contributed by atoms with E-state index < -0.39 is 6.10 Å². The van der Waals surface area contributed by atoms with E-state index in [0.29, 0.717) is 13.1 Å². The van der Waals surface area contributed by atoms with Gasteiger partial charge in [0, 0.05) is 20.1 Å². The van der Waals surface area contributed by atoms with Crippen molar-refractivity contribution in [3.8, 4) is 5.75 Å². The summed E-state index contributed by atoms with van der Waals surface area (Å²) in [6.45, 7) is 6.86. The van der Waals surface area contributed by atoms with Gasteiger partial charge in [-0.2, -0.15) is 0 Å². The first kappa shape index (κ1) is 17.5. The van der Waals surface area contributed by atoms with Crippen LogP contribution in [0.4, 0.5) is 0 Å². The standard InChI is InChI=1S/C16H26N2O3/c1-5-18(4)16(20)13(3)17-10-14(19)11-21-15-9-7-6-8-12(15)2/h6-9,13-14,17,19H,5,10-11H2,1-4H3. The van der Waals surface area contributed by atoms with Crippen molar-refractivity contribution in [3.63, 3.8) is 0 Å². The third-order valence-corrected chi connectivity index (χ3v) is 3.41. The molecule has 0 aliphatic carbocycles. The van der Waals surface area contributed by atoms with Gasteiger partial charge in [-0.15, -0.1) is 0 Å². The first-order chi connectivity index (χ1) is 9.95. The Balaban J connectivity index is 2.33. The fraction of sp³-hybridized carbons (Fsp3) is 0.562. The molecule has 0 aromatic heterocycles. The van der Waals surface area contributed by atoms with Crippen molar-refractivity contribution in [3.05, 3.63) is 29.8 Å². The smallest absolute Gasteiger partial charge is 0.239 e. The Bertz CT molecular complexity index is 451. The van der Waals surface area contributed by atoms with Gasteiger partial charge in [0.25, 0.3) is 0 Å². The molecule has 2 atom stereocenters. The highest BCUT2D eigenvalue weighted by Gasteiger charge is 2.17. The number of likely N-dealkylation sites (N-methyl/N-ethyl adjacent to an activating group) is 1. The minimum Gasteiger partial charge on any atom is -0.491 e. The lowest BCUT2D eigenvalue weighted by Gasteiger charge is -2.22. The average molecular weight is 294 g/mol. The van der Waals surface area contributed by atoms with Gasteiger partial charge in [-0.1, -0.05) is 18.2 Å². The van der Waals surface area contributed by atoms with E-state index in [2.05, 4.69) is 5.32 Å². The number of hydrogen-bond donors (Lipinski definition) is 2. The third-order valence-electron chi connectivity index (χ3n) is 3.41. The molecule has 1 rings (SSSR count). The lowest BCUT2D eigenvalue weighted by Crippen LogP contribution is -2.46. The van der Waals surface area contributed by atoms with Crippen LogP contribution in [0, 0.1) is 6.92 Å². The molecule has 0 spiro atoms. The highest BCUT2D eigenvalue weighted by molar-refractivity contribution is 5.81. The summed E-state index contributed by atoms with van der Waals surface area (Å²) in [6, 6.07) is 7.36. The molecule has 0 aliphatic heterocycles. The van der Waals surface area contributed by atoms with Crippen molar-refractivity contribution in [2.24, 2.45) is 0 Å². The van der Waals surface area contributed by atoms with Crippen LogP contribution in [-0.4, -0.2) is 54.8 Å². The summed E-state index contributed by atoms with van der Waals surface area (Å²) < 4.78 is 5.57. The quantitative estimate of drug-likeness (QED) is 0.756. The second kappa shape index (κ2) is 8.64. The molecule has 0 aliphatic rings. The maximum atomic E-state index is 11.9. The van der Waals surface area contributed by atoms with Crippen LogP contribution in [0.3, 0.4) is 0 Å².